The van der Waals surface area contributed by atoms with Gasteiger partial charge < -0.3 is 10.6 Å². The van der Waals surface area contributed by atoms with Crippen LogP contribution in [0.2, 0.25) is 0 Å². The van der Waals surface area contributed by atoms with Crippen LogP contribution in [-0.2, 0) is 14.4 Å². The standard InChI is InChI=1S/C28H34N4O3/c1-15(33)31-25(27(2,3)4)24(34)18-11-20-23(28(20,5)6)22(18)26(35)32-21(12-29)19-14-30-13-16-9-7-8-10-17(16)19/h7-10,13-14,18,20-23,25H,11H2,1-6H3,(H,31,33)(H,32,35)/t18-,20?,21?,22+,23?,25-/m1/s1. The number of carbonyl (C=O) groups is 3. The van der Waals surface area contributed by atoms with Crippen molar-refractivity contribution < 1.29 is 14.4 Å². The van der Waals surface area contributed by atoms with Gasteiger partial charge in [0.15, 0.2) is 5.78 Å². The third-order valence-electron chi connectivity index (χ3n) is 8.06. The topological polar surface area (TPSA) is 112 Å². The molecule has 7 nitrogen and oxygen atoms in total. The number of pyridine rings is 1. The SMILES string of the molecule is CC(=O)N[C@H](C(=O)[C@@H]1CC2C([C@H]1C(=O)NC(C#N)c1cncc3ccccc13)C2(C)C)C(C)(C)C. The van der Waals surface area contributed by atoms with E-state index in [1.807, 2.05) is 45.0 Å². The molecule has 4 rings (SSSR count). The predicted molar refractivity (Wildman–Crippen MR) is 133 cm³/mol. The van der Waals surface area contributed by atoms with Crippen molar-refractivity contribution in [2.45, 2.75) is 60.0 Å². The highest BCUT2D eigenvalue weighted by molar-refractivity contribution is 5.96. The number of amides is 2. The Labute approximate surface area is 206 Å². The molecule has 0 bridgehead atoms. The van der Waals surface area contributed by atoms with Gasteiger partial charge in [-0.3, -0.25) is 19.4 Å². The van der Waals surface area contributed by atoms with E-state index in [2.05, 4.69) is 35.5 Å². The molecule has 7 heteroatoms. The van der Waals surface area contributed by atoms with Gasteiger partial charge in [-0.25, -0.2) is 0 Å². The summed E-state index contributed by atoms with van der Waals surface area (Å²) in [5.41, 5.74) is 0.112. The molecular formula is C28H34N4O3. The average molecular weight is 475 g/mol. The fourth-order valence-corrected chi connectivity index (χ4v) is 6.18. The molecule has 0 saturated heterocycles. The number of ketones is 1. The van der Waals surface area contributed by atoms with Crippen molar-refractivity contribution in [3.63, 3.8) is 0 Å². The molecule has 2 N–H and O–H groups in total. The number of nitrogens with one attached hydrogen (secondary N) is 2. The molecule has 2 fully saturated rings. The number of fused-ring (bicyclic) bond motifs is 2. The Balaban J connectivity index is 1.63. The van der Waals surface area contributed by atoms with Crippen molar-refractivity contribution in [2.24, 2.45) is 34.5 Å². The van der Waals surface area contributed by atoms with Gasteiger partial charge in [0.2, 0.25) is 11.8 Å². The number of benzene rings is 1. The first kappa shape index (κ1) is 24.8. The number of hydrogen-bond donors (Lipinski definition) is 2. The lowest BCUT2D eigenvalue weighted by atomic mass is 9.74. The maximum Gasteiger partial charge on any atom is 0.225 e. The van der Waals surface area contributed by atoms with Gasteiger partial charge >= 0.3 is 0 Å². The molecule has 2 aromatic rings. The summed E-state index contributed by atoms with van der Waals surface area (Å²) in [6.07, 6.45) is 3.96. The number of Topliss-reactive ketones (excluding diaryl/α,β-unsaturated/α-hetero) is 1. The monoisotopic (exact) mass is 474 g/mol. The minimum absolute atomic E-state index is 0.0346. The van der Waals surface area contributed by atoms with Crippen molar-refractivity contribution in [1.82, 2.24) is 15.6 Å². The van der Waals surface area contributed by atoms with Crippen molar-refractivity contribution >= 4 is 28.4 Å². The zero-order chi connectivity index (χ0) is 25.7. The fourth-order valence-electron chi connectivity index (χ4n) is 6.18. The molecule has 35 heavy (non-hydrogen) atoms. The molecule has 2 aliphatic rings. The van der Waals surface area contributed by atoms with Crippen LogP contribution in [0.3, 0.4) is 0 Å². The summed E-state index contributed by atoms with van der Waals surface area (Å²) in [5, 5.41) is 17.5. The summed E-state index contributed by atoms with van der Waals surface area (Å²) < 4.78 is 0. The third-order valence-corrected chi connectivity index (χ3v) is 8.06. The lowest BCUT2D eigenvalue weighted by Crippen LogP contribution is -2.53. The first-order chi connectivity index (χ1) is 16.4. The number of hydrogen-bond acceptors (Lipinski definition) is 5. The second-order valence-corrected chi connectivity index (χ2v) is 11.7. The van der Waals surface area contributed by atoms with Gasteiger partial charge in [0.25, 0.3) is 0 Å². The van der Waals surface area contributed by atoms with Crippen LogP contribution in [0.15, 0.2) is 36.7 Å². The van der Waals surface area contributed by atoms with Crippen LogP contribution in [0.4, 0.5) is 0 Å². The molecular weight excluding hydrogens is 440 g/mol. The van der Waals surface area contributed by atoms with E-state index in [1.54, 1.807) is 12.4 Å². The Kier molecular flexibility index (Phi) is 6.21. The Morgan fingerprint density at radius 2 is 1.83 bits per heavy atom. The minimum Gasteiger partial charge on any atom is -0.346 e. The summed E-state index contributed by atoms with van der Waals surface area (Å²) in [6, 6.07) is 8.26. The lowest BCUT2D eigenvalue weighted by Gasteiger charge is -2.35. The Morgan fingerprint density at radius 1 is 1.14 bits per heavy atom. The minimum atomic E-state index is -0.883. The average Bonchev–Trinajstić information content (AvgIpc) is 3.12. The molecule has 0 aliphatic heterocycles. The van der Waals surface area contributed by atoms with Crippen LogP contribution in [0.25, 0.3) is 10.8 Å². The van der Waals surface area contributed by atoms with Crippen LogP contribution in [0, 0.1) is 45.8 Å². The van der Waals surface area contributed by atoms with Crippen molar-refractivity contribution in [3.8, 4) is 6.07 Å². The van der Waals surface area contributed by atoms with Gasteiger partial charge in [0.1, 0.15) is 6.04 Å². The van der Waals surface area contributed by atoms with E-state index in [0.29, 0.717) is 12.0 Å². The van der Waals surface area contributed by atoms with Gasteiger partial charge in [-0.15, -0.1) is 0 Å². The fraction of sp³-hybridized carbons (Fsp3) is 0.536. The molecule has 2 saturated carbocycles. The van der Waals surface area contributed by atoms with Crippen molar-refractivity contribution in [2.75, 3.05) is 0 Å². The second-order valence-electron chi connectivity index (χ2n) is 11.7. The molecule has 2 amide bonds. The van der Waals surface area contributed by atoms with Crippen molar-refractivity contribution in [1.29, 1.82) is 5.26 Å². The highest BCUT2D eigenvalue weighted by Crippen LogP contribution is 2.71. The van der Waals surface area contributed by atoms with E-state index in [9.17, 15) is 19.6 Å². The Bertz CT molecular complexity index is 1220. The number of nitrogens with zero attached hydrogens (tertiary/aromatic N) is 2. The van der Waals surface area contributed by atoms with E-state index in [-0.39, 0.29) is 34.8 Å². The van der Waals surface area contributed by atoms with Crippen LogP contribution in [-0.4, -0.2) is 28.6 Å². The normalized spacial score (nSPS) is 26.2. The van der Waals surface area contributed by atoms with Gasteiger partial charge in [-0.2, -0.15) is 5.26 Å². The first-order valence-corrected chi connectivity index (χ1v) is 12.2. The lowest BCUT2D eigenvalue weighted by molar-refractivity contribution is -0.138. The second kappa shape index (κ2) is 8.75. The predicted octanol–water partition coefficient (Wildman–Crippen LogP) is 3.94. The molecule has 1 aromatic heterocycles. The molecule has 1 heterocycles. The largest absolute Gasteiger partial charge is 0.346 e. The smallest absolute Gasteiger partial charge is 0.225 e. The molecule has 2 aliphatic carbocycles. The van der Waals surface area contributed by atoms with Crippen molar-refractivity contribution in [3.05, 3.63) is 42.2 Å². The Morgan fingerprint density at radius 3 is 2.46 bits per heavy atom. The summed E-state index contributed by atoms with van der Waals surface area (Å²) in [6.45, 7) is 11.4. The molecule has 6 atom stereocenters. The van der Waals surface area contributed by atoms with Crippen LogP contribution in [0.5, 0.6) is 0 Å². The number of nitriles is 1. The van der Waals surface area contributed by atoms with E-state index in [1.165, 1.54) is 6.92 Å². The maximum absolute atomic E-state index is 13.8. The molecule has 0 spiro atoms. The number of carbonyl (C=O) groups excluding carboxylic acids is 3. The molecule has 0 radical (unpaired) electrons. The van der Waals surface area contributed by atoms with Gasteiger partial charge in [-0.05, 0) is 34.5 Å². The zero-order valence-corrected chi connectivity index (χ0v) is 21.3. The third kappa shape index (κ3) is 4.42. The summed E-state index contributed by atoms with van der Waals surface area (Å²) in [4.78, 5) is 43.6. The van der Waals surface area contributed by atoms with Crippen LogP contribution >= 0.6 is 0 Å². The number of rotatable bonds is 6. The first-order valence-electron chi connectivity index (χ1n) is 12.2. The van der Waals surface area contributed by atoms with E-state index in [4.69, 9.17) is 0 Å². The molecule has 184 valence electrons. The highest BCUT2D eigenvalue weighted by Gasteiger charge is 2.70. The zero-order valence-electron chi connectivity index (χ0n) is 21.3. The maximum atomic E-state index is 13.8. The van der Waals surface area contributed by atoms with Crippen LogP contribution < -0.4 is 10.6 Å². The van der Waals surface area contributed by atoms with Gasteiger partial charge in [0, 0.05) is 36.2 Å². The highest BCUT2D eigenvalue weighted by atomic mass is 16.2. The number of aromatic nitrogens is 1. The Hall–Kier alpha value is -3.27. The molecule has 1 aromatic carbocycles. The summed E-state index contributed by atoms with van der Waals surface area (Å²) >= 11 is 0. The van der Waals surface area contributed by atoms with Gasteiger partial charge in [-0.1, -0.05) is 58.9 Å². The van der Waals surface area contributed by atoms with E-state index >= 15 is 0 Å². The summed E-state index contributed by atoms with van der Waals surface area (Å²) in [5.74, 6) is -1.35. The van der Waals surface area contributed by atoms with Gasteiger partial charge in [0.05, 0.1) is 18.0 Å². The quantitative estimate of drug-likeness (QED) is 0.659. The van der Waals surface area contributed by atoms with E-state index in [0.717, 1.165) is 10.8 Å². The summed E-state index contributed by atoms with van der Waals surface area (Å²) in [7, 11) is 0. The van der Waals surface area contributed by atoms with Crippen LogP contribution in [0.1, 0.15) is 59.6 Å². The molecule has 3 unspecified atom stereocenters. The van der Waals surface area contributed by atoms with E-state index < -0.39 is 29.3 Å².